The minimum absolute atomic E-state index is 0.0308. The van der Waals surface area contributed by atoms with Crippen molar-refractivity contribution in [2.75, 3.05) is 0 Å². The third kappa shape index (κ3) is 4.32. The molecule has 2 aliphatic rings. The van der Waals surface area contributed by atoms with Crippen LogP contribution in [0.4, 0.5) is 13.2 Å². The maximum absolute atomic E-state index is 12.8. The molecule has 0 saturated carbocycles. The molecule has 0 radical (unpaired) electrons. The number of fused-ring (bicyclic) bond motifs is 2. The van der Waals surface area contributed by atoms with Gasteiger partial charge in [0.25, 0.3) is 0 Å². The number of ether oxygens (including phenoxy) is 4. The summed E-state index contributed by atoms with van der Waals surface area (Å²) in [6.07, 6.45) is -2.85. The van der Waals surface area contributed by atoms with Crippen LogP contribution in [0.15, 0.2) is 48.5 Å². The average Bonchev–Trinajstić information content (AvgIpc) is 3.23. The van der Waals surface area contributed by atoms with Crippen LogP contribution in [-0.4, -0.2) is 30.1 Å². The standard InChI is InChI=1S/C21H19F3O5/c1-20(12-15-8-10-18(20)26-15)28-17-11-13(7-9-16(17)29-21(22,23)24)19(25)27-14-5-3-2-4-6-14/h2-7,9,11,15,18H,8,10,12H2,1H3. The summed E-state index contributed by atoms with van der Waals surface area (Å²) in [7, 11) is 0. The number of halogens is 3. The number of benzene rings is 2. The molecule has 4 rings (SSSR count). The van der Waals surface area contributed by atoms with E-state index in [9.17, 15) is 18.0 Å². The lowest BCUT2D eigenvalue weighted by Crippen LogP contribution is -2.42. The topological polar surface area (TPSA) is 54.0 Å². The Morgan fingerprint density at radius 3 is 2.48 bits per heavy atom. The van der Waals surface area contributed by atoms with Crippen molar-refractivity contribution in [1.82, 2.24) is 0 Å². The fourth-order valence-corrected chi connectivity index (χ4v) is 3.83. The lowest BCUT2D eigenvalue weighted by molar-refractivity contribution is -0.275. The minimum atomic E-state index is -4.89. The maximum Gasteiger partial charge on any atom is 0.573 e. The molecule has 29 heavy (non-hydrogen) atoms. The van der Waals surface area contributed by atoms with Crippen molar-refractivity contribution in [2.24, 2.45) is 0 Å². The normalized spacial score (nSPS) is 25.7. The van der Waals surface area contributed by atoms with Crippen molar-refractivity contribution in [3.05, 3.63) is 54.1 Å². The molecule has 3 atom stereocenters. The molecule has 2 bridgehead atoms. The summed E-state index contributed by atoms with van der Waals surface area (Å²) in [6.45, 7) is 1.79. The van der Waals surface area contributed by atoms with Gasteiger partial charge in [-0.2, -0.15) is 0 Å². The molecule has 154 valence electrons. The van der Waals surface area contributed by atoms with Gasteiger partial charge in [-0.15, -0.1) is 13.2 Å². The van der Waals surface area contributed by atoms with Gasteiger partial charge in [-0.25, -0.2) is 4.79 Å². The largest absolute Gasteiger partial charge is 0.573 e. The van der Waals surface area contributed by atoms with E-state index in [0.717, 1.165) is 18.9 Å². The average molecular weight is 408 g/mol. The monoisotopic (exact) mass is 408 g/mol. The van der Waals surface area contributed by atoms with Gasteiger partial charge in [0, 0.05) is 6.42 Å². The van der Waals surface area contributed by atoms with Gasteiger partial charge >= 0.3 is 12.3 Å². The third-order valence-corrected chi connectivity index (χ3v) is 5.12. The zero-order valence-electron chi connectivity index (χ0n) is 15.6. The molecule has 8 heteroatoms. The third-order valence-electron chi connectivity index (χ3n) is 5.12. The molecule has 0 N–H and O–H groups in total. The maximum atomic E-state index is 12.8. The summed E-state index contributed by atoms with van der Waals surface area (Å²) in [5.41, 5.74) is -0.750. The molecular weight excluding hydrogens is 389 g/mol. The van der Waals surface area contributed by atoms with E-state index in [1.54, 1.807) is 37.3 Å². The van der Waals surface area contributed by atoms with Gasteiger partial charge in [0.15, 0.2) is 11.5 Å². The van der Waals surface area contributed by atoms with Crippen LogP contribution in [0.1, 0.15) is 36.5 Å². The van der Waals surface area contributed by atoms with Crippen LogP contribution in [0.5, 0.6) is 17.2 Å². The van der Waals surface area contributed by atoms with Crippen molar-refractivity contribution < 1.29 is 36.9 Å². The lowest BCUT2D eigenvalue weighted by atomic mass is 9.86. The Morgan fingerprint density at radius 1 is 1.10 bits per heavy atom. The molecule has 2 aromatic rings. The quantitative estimate of drug-likeness (QED) is 0.521. The molecule has 3 unspecified atom stereocenters. The second-order valence-corrected chi connectivity index (χ2v) is 7.35. The molecule has 2 aromatic carbocycles. The first-order valence-electron chi connectivity index (χ1n) is 9.23. The number of hydrogen-bond donors (Lipinski definition) is 0. The number of rotatable bonds is 5. The van der Waals surface area contributed by atoms with Crippen molar-refractivity contribution in [2.45, 2.75) is 50.4 Å². The molecular formula is C21H19F3O5. The molecule has 0 amide bonds. The zero-order chi connectivity index (χ0) is 20.6. The first kappa shape index (κ1) is 19.6. The number of carbonyl (C=O) groups is 1. The summed E-state index contributed by atoms with van der Waals surface area (Å²) in [5, 5.41) is 0. The van der Waals surface area contributed by atoms with Gasteiger partial charge in [0.05, 0.1) is 17.8 Å². The highest BCUT2D eigenvalue weighted by atomic mass is 19.4. The van der Waals surface area contributed by atoms with E-state index < -0.39 is 23.7 Å². The van der Waals surface area contributed by atoms with Gasteiger partial charge in [0.1, 0.15) is 11.4 Å². The second kappa shape index (κ2) is 7.26. The smallest absolute Gasteiger partial charge is 0.481 e. The molecule has 0 aromatic heterocycles. The van der Waals surface area contributed by atoms with Gasteiger partial charge in [-0.3, -0.25) is 0 Å². The number of alkyl halides is 3. The fraction of sp³-hybridized carbons (Fsp3) is 0.381. The van der Waals surface area contributed by atoms with E-state index in [2.05, 4.69) is 4.74 Å². The molecule has 2 aliphatic heterocycles. The molecule has 2 saturated heterocycles. The summed E-state index contributed by atoms with van der Waals surface area (Å²) in [4.78, 5) is 12.4. The molecule has 5 nitrogen and oxygen atoms in total. The van der Waals surface area contributed by atoms with Gasteiger partial charge in [-0.05, 0) is 50.1 Å². The van der Waals surface area contributed by atoms with Gasteiger partial charge in [0.2, 0.25) is 0 Å². The summed E-state index contributed by atoms with van der Waals surface area (Å²) in [6, 6.07) is 11.9. The van der Waals surface area contributed by atoms with Gasteiger partial charge < -0.3 is 18.9 Å². The Hall–Kier alpha value is -2.74. The zero-order valence-corrected chi connectivity index (χ0v) is 15.6. The summed E-state index contributed by atoms with van der Waals surface area (Å²) >= 11 is 0. The Labute approximate surface area is 165 Å². The van der Waals surface area contributed by atoms with E-state index in [0.29, 0.717) is 12.2 Å². The van der Waals surface area contributed by atoms with Crippen molar-refractivity contribution in [1.29, 1.82) is 0 Å². The molecule has 0 spiro atoms. The van der Waals surface area contributed by atoms with Crippen molar-refractivity contribution in [3.8, 4) is 17.2 Å². The van der Waals surface area contributed by atoms with Crippen molar-refractivity contribution >= 4 is 5.97 Å². The molecule has 2 heterocycles. The van der Waals surface area contributed by atoms with Crippen LogP contribution < -0.4 is 14.2 Å². The number of para-hydroxylation sites is 1. The van der Waals surface area contributed by atoms with Crippen LogP contribution in [0, 0.1) is 0 Å². The van der Waals surface area contributed by atoms with Crippen LogP contribution in [-0.2, 0) is 4.74 Å². The molecule has 0 aliphatic carbocycles. The first-order chi connectivity index (χ1) is 13.7. The predicted octanol–water partition coefficient (Wildman–Crippen LogP) is 4.89. The Bertz CT molecular complexity index is 899. The highest BCUT2D eigenvalue weighted by Gasteiger charge is 2.51. The highest BCUT2D eigenvalue weighted by molar-refractivity contribution is 5.91. The molecule has 2 fully saturated rings. The minimum Gasteiger partial charge on any atom is -0.481 e. The van der Waals surface area contributed by atoms with Crippen LogP contribution in [0.3, 0.4) is 0 Å². The lowest BCUT2D eigenvalue weighted by Gasteiger charge is -2.33. The van der Waals surface area contributed by atoms with Gasteiger partial charge in [-0.1, -0.05) is 18.2 Å². The van der Waals surface area contributed by atoms with Crippen LogP contribution >= 0.6 is 0 Å². The Balaban J connectivity index is 1.61. The Morgan fingerprint density at radius 2 is 1.86 bits per heavy atom. The fourth-order valence-electron chi connectivity index (χ4n) is 3.83. The van der Waals surface area contributed by atoms with E-state index in [-0.39, 0.29) is 23.5 Å². The van der Waals surface area contributed by atoms with Crippen LogP contribution in [0.25, 0.3) is 0 Å². The van der Waals surface area contributed by atoms with E-state index in [1.165, 1.54) is 12.1 Å². The number of hydrogen-bond acceptors (Lipinski definition) is 5. The summed E-state index contributed by atoms with van der Waals surface area (Å²) in [5.74, 6) is -1.08. The SMILES string of the molecule is CC1(Oc2cc(C(=O)Oc3ccccc3)ccc2OC(F)(F)F)CC2CCC1O2. The van der Waals surface area contributed by atoms with Crippen molar-refractivity contribution in [3.63, 3.8) is 0 Å². The van der Waals surface area contributed by atoms with E-state index >= 15 is 0 Å². The number of esters is 1. The number of carbonyl (C=O) groups excluding carboxylic acids is 1. The Kier molecular flexibility index (Phi) is 4.90. The second-order valence-electron chi connectivity index (χ2n) is 7.35. The van der Waals surface area contributed by atoms with Crippen LogP contribution in [0.2, 0.25) is 0 Å². The summed E-state index contributed by atoms with van der Waals surface area (Å²) < 4.78 is 59.6. The first-order valence-corrected chi connectivity index (χ1v) is 9.23. The highest BCUT2D eigenvalue weighted by Crippen LogP contribution is 2.46. The van der Waals surface area contributed by atoms with E-state index in [4.69, 9.17) is 14.2 Å². The van der Waals surface area contributed by atoms with E-state index in [1.807, 2.05) is 0 Å². The predicted molar refractivity (Wildman–Crippen MR) is 96.1 cm³/mol.